The summed E-state index contributed by atoms with van der Waals surface area (Å²) >= 11 is 0. The number of hydrogen-bond donors (Lipinski definition) is 2. The van der Waals surface area contributed by atoms with Gasteiger partial charge in [0.1, 0.15) is 0 Å². The van der Waals surface area contributed by atoms with Crippen molar-refractivity contribution >= 4 is 17.5 Å². The summed E-state index contributed by atoms with van der Waals surface area (Å²) in [7, 11) is 0. The minimum Gasteiger partial charge on any atom is -0.376 e. The largest absolute Gasteiger partial charge is 0.376 e. The number of nitrogens with one attached hydrogen (secondary N) is 2. The molecule has 0 atom stereocenters. The third-order valence-corrected chi connectivity index (χ3v) is 4.19. The molecule has 0 aliphatic carbocycles. The number of carbonyl (C=O) groups excluding carboxylic acids is 2. The molecule has 2 rings (SSSR count). The van der Waals surface area contributed by atoms with Gasteiger partial charge in [-0.3, -0.25) is 9.59 Å². The van der Waals surface area contributed by atoms with E-state index in [9.17, 15) is 9.59 Å². The van der Waals surface area contributed by atoms with Crippen molar-refractivity contribution in [2.75, 3.05) is 31.5 Å². The van der Waals surface area contributed by atoms with E-state index in [-0.39, 0.29) is 18.4 Å². The molecule has 0 aromatic heterocycles. The van der Waals surface area contributed by atoms with Crippen LogP contribution in [0.1, 0.15) is 29.8 Å². The predicted molar refractivity (Wildman–Crippen MR) is 105 cm³/mol. The SMILES string of the molecule is CCN(CC)C(=O)c1cccc(NCC(=O)NCCc2ccccc2)c1. The fourth-order valence-corrected chi connectivity index (χ4v) is 2.69. The molecule has 5 heteroatoms. The number of rotatable bonds is 9. The second-order valence-electron chi connectivity index (χ2n) is 6.00. The van der Waals surface area contributed by atoms with Crippen LogP contribution < -0.4 is 10.6 Å². The van der Waals surface area contributed by atoms with Crippen LogP contribution in [0.15, 0.2) is 54.6 Å². The highest BCUT2D eigenvalue weighted by Gasteiger charge is 2.12. The zero-order valence-corrected chi connectivity index (χ0v) is 15.5. The van der Waals surface area contributed by atoms with E-state index in [1.807, 2.05) is 56.3 Å². The molecule has 2 N–H and O–H groups in total. The highest BCUT2D eigenvalue weighted by molar-refractivity contribution is 5.95. The lowest BCUT2D eigenvalue weighted by Gasteiger charge is -2.19. The summed E-state index contributed by atoms with van der Waals surface area (Å²) in [4.78, 5) is 26.1. The summed E-state index contributed by atoms with van der Waals surface area (Å²) in [6, 6.07) is 17.3. The van der Waals surface area contributed by atoms with Crippen LogP contribution in [0.3, 0.4) is 0 Å². The quantitative estimate of drug-likeness (QED) is 0.729. The summed E-state index contributed by atoms with van der Waals surface area (Å²) in [6.45, 7) is 6.06. The van der Waals surface area contributed by atoms with Crippen molar-refractivity contribution in [1.29, 1.82) is 0 Å². The van der Waals surface area contributed by atoms with Gasteiger partial charge in [-0.2, -0.15) is 0 Å². The Kier molecular flexibility index (Phi) is 7.68. The van der Waals surface area contributed by atoms with Crippen molar-refractivity contribution in [3.8, 4) is 0 Å². The molecule has 2 aromatic rings. The highest BCUT2D eigenvalue weighted by Crippen LogP contribution is 2.12. The lowest BCUT2D eigenvalue weighted by Crippen LogP contribution is -2.32. The molecule has 2 aromatic carbocycles. The predicted octanol–water partition coefficient (Wildman–Crippen LogP) is 2.94. The number of nitrogens with zero attached hydrogens (tertiary/aromatic N) is 1. The number of benzene rings is 2. The molecule has 0 heterocycles. The van der Waals surface area contributed by atoms with Crippen LogP contribution in [0.5, 0.6) is 0 Å². The van der Waals surface area contributed by atoms with Crippen LogP contribution in [0.25, 0.3) is 0 Å². The topological polar surface area (TPSA) is 61.4 Å². The van der Waals surface area contributed by atoms with Crippen LogP contribution in [0.4, 0.5) is 5.69 Å². The molecular formula is C21H27N3O2. The average molecular weight is 353 g/mol. The van der Waals surface area contributed by atoms with E-state index in [1.54, 1.807) is 17.0 Å². The molecule has 0 spiro atoms. The molecule has 0 unspecified atom stereocenters. The van der Waals surface area contributed by atoms with Crippen molar-refractivity contribution < 1.29 is 9.59 Å². The molecule has 0 radical (unpaired) electrons. The minimum absolute atomic E-state index is 0.00552. The van der Waals surface area contributed by atoms with E-state index in [0.717, 1.165) is 12.1 Å². The lowest BCUT2D eigenvalue weighted by atomic mass is 10.1. The Morgan fingerprint density at radius 2 is 1.69 bits per heavy atom. The molecule has 26 heavy (non-hydrogen) atoms. The first-order valence-electron chi connectivity index (χ1n) is 9.07. The van der Waals surface area contributed by atoms with E-state index < -0.39 is 0 Å². The van der Waals surface area contributed by atoms with Gasteiger partial charge in [-0.15, -0.1) is 0 Å². The van der Waals surface area contributed by atoms with Gasteiger partial charge in [0.25, 0.3) is 5.91 Å². The first kappa shape index (κ1) is 19.5. The molecule has 0 saturated carbocycles. The monoisotopic (exact) mass is 353 g/mol. The second kappa shape index (κ2) is 10.2. The fourth-order valence-electron chi connectivity index (χ4n) is 2.69. The van der Waals surface area contributed by atoms with E-state index in [2.05, 4.69) is 10.6 Å². The Morgan fingerprint density at radius 1 is 0.962 bits per heavy atom. The Hall–Kier alpha value is -2.82. The molecule has 0 aliphatic rings. The molecular weight excluding hydrogens is 326 g/mol. The summed E-state index contributed by atoms with van der Waals surface area (Å²) in [5.74, 6) is -0.0626. The van der Waals surface area contributed by atoms with Crippen LogP contribution in [-0.2, 0) is 11.2 Å². The maximum atomic E-state index is 12.4. The Bertz CT molecular complexity index is 712. The second-order valence-corrected chi connectivity index (χ2v) is 6.00. The molecule has 5 nitrogen and oxygen atoms in total. The molecule has 2 amide bonds. The smallest absolute Gasteiger partial charge is 0.253 e. The van der Waals surface area contributed by atoms with Gasteiger partial charge < -0.3 is 15.5 Å². The zero-order chi connectivity index (χ0) is 18.8. The van der Waals surface area contributed by atoms with Gasteiger partial charge in [-0.25, -0.2) is 0 Å². The first-order chi connectivity index (χ1) is 12.6. The Balaban J connectivity index is 1.80. The van der Waals surface area contributed by atoms with E-state index in [0.29, 0.717) is 25.2 Å². The Morgan fingerprint density at radius 3 is 2.38 bits per heavy atom. The van der Waals surface area contributed by atoms with Gasteiger partial charge in [0.15, 0.2) is 0 Å². The van der Waals surface area contributed by atoms with Gasteiger partial charge in [0.2, 0.25) is 5.91 Å². The van der Waals surface area contributed by atoms with E-state index in [1.165, 1.54) is 5.56 Å². The third-order valence-electron chi connectivity index (χ3n) is 4.19. The zero-order valence-electron chi connectivity index (χ0n) is 15.5. The molecule has 0 saturated heterocycles. The number of amides is 2. The van der Waals surface area contributed by atoms with Crippen molar-refractivity contribution in [3.63, 3.8) is 0 Å². The average Bonchev–Trinajstić information content (AvgIpc) is 2.68. The van der Waals surface area contributed by atoms with Crippen LogP contribution in [0.2, 0.25) is 0 Å². The standard InChI is InChI=1S/C21H27N3O2/c1-3-24(4-2)21(26)18-11-8-12-19(15-18)23-16-20(25)22-14-13-17-9-6-5-7-10-17/h5-12,15,23H,3-4,13-14,16H2,1-2H3,(H,22,25). The number of hydrogen-bond acceptors (Lipinski definition) is 3. The van der Waals surface area contributed by atoms with Crippen molar-refractivity contribution in [1.82, 2.24) is 10.2 Å². The van der Waals surface area contributed by atoms with E-state index >= 15 is 0 Å². The normalized spacial score (nSPS) is 10.2. The number of carbonyl (C=O) groups is 2. The van der Waals surface area contributed by atoms with Gasteiger partial charge in [-0.05, 0) is 44.0 Å². The summed E-state index contributed by atoms with van der Waals surface area (Å²) in [5.41, 5.74) is 2.59. The van der Waals surface area contributed by atoms with Crippen LogP contribution in [0, 0.1) is 0 Å². The van der Waals surface area contributed by atoms with Gasteiger partial charge >= 0.3 is 0 Å². The summed E-state index contributed by atoms with van der Waals surface area (Å²) in [6.07, 6.45) is 0.806. The first-order valence-corrected chi connectivity index (χ1v) is 9.07. The summed E-state index contributed by atoms with van der Waals surface area (Å²) in [5, 5.41) is 5.98. The maximum Gasteiger partial charge on any atom is 0.253 e. The number of anilines is 1. The van der Waals surface area contributed by atoms with Crippen LogP contribution in [-0.4, -0.2) is 42.9 Å². The molecule has 138 valence electrons. The van der Waals surface area contributed by atoms with Crippen molar-refractivity contribution in [2.45, 2.75) is 20.3 Å². The molecule has 0 bridgehead atoms. The lowest BCUT2D eigenvalue weighted by molar-refractivity contribution is -0.119. The minimum atomic E-state index is -0.0681. The van der Waals surface area contributed by atoms with Gasteiger partial charge in [0, 0.05) is 30.9 Å². The van der Waals surface area contributed by atoms with Crippen molar-refractivity contribution in [2.24, 2.45) is 0 Å². The van der Waals surface area contributed by atoms with Crippen LogP contribution >= 0.6 is 0 Å². The Labute approximate surface area is 155 Å². The van der Waals surface area contributed by atoms with Gasteiger partial charge in [-0.1, -0.05) is 36.4 Å². The molecule has 0 fully saturated rings. The fraction of sp³-hybridized carbons (Fsp3) is 0.333. The van der Waals surface area contributed by atoms with Crippen molar-refractivity contribution in [3.05, 3.63) is 65.7 Å². The highest BCUT2D eigenvalue weighted by atomic mass is 16.2. The van der Waals surface area contributed by atoms with E-state index in [4.69, 9.17) is 0 Å². The van der Waals surface area contributed by atoms with Gasteiger partial charge in [0.05, 0.1) is 6.54 Å². The summed E-state index contributed by atoms with van der Waals surface area (Å²) < 4.78 is 0. The molecule has 0 aliphatic heterocycles. The third kappa shape index (κ3) is 5.92. The maximum absolute atomic E-state index is 12.4.